The summed E-state index contributed by atoms with van der Waals surface area (Å²) in [5.74, 6) is 1.42. The van der Waals surface area contributed by atoms with Crippen LogP contribution in [0.1, 0.15) is 45.1 Å². The SMILES string of the molecule is CCCN(CCC)[S+]([O-])c1ccc(-c2cccc(NC(=O)C3(c4ccc5c(c4)OCO5)CC3)c2)cc1. The van der Waals surface area contributed by atoms with Crippen molar-refractivity contribution in [2.75, 3.05) is 25.2 Å². The van der Waals surface area contributed by atoms with Crippen LogP contribution in [-0.4, -0.2) is 34.6 Å². The van der Waals surface area contributed by atoms with Crippen molar-refractivity contribution < 1.29 is 18.8 Å². The Labute approximate surface area is 215 Å². The topological polar surface area (TPSA) is 73.9 Å². The molecule has 3 aromatic carbocycles. The average molecular weight is 505 g/mol. The van der Waals surface area contributed by atoms with Gasteiger partial charge >= 0.3 is 0 Å². The lowest BCUT2D eigenvalue weighted by Gasteiger charge is -2.23. The summed E-state index contributed by atoms with van der Waals surface area (Å²) in [6.07, 6.45) is 3.56. The van der Waals surface area contributed by atoms with Crippen LogP contribution in [0.3, 0.4) is 0 Å². The van der Waals surface area contributed by atoms with Gasteiger partial charge < -0.3 is 19.3 Å². The van der Waals surface area contributed by atoms with E-state index in [0.29, 0.717) is 5.75 Å². The second-order valence-corrected chi connectivity index (χ2v) is 10.9. The highest BCUT2D eigenvalue weighted by Gasteiger charge is 2.51. The monoisotopic (exact) mass is 504 g/mol. The fourth-order valence-corrected chi connectivity index (χ4v) is 6.05. The number of nitrogens with one attached hydrogen (secondary N) is 1. The number of hydrogen-bond donors (Lipinski definition) is 1. The molecule has 1 atom stereocenters. The van der Waals surface area contributed by atoms with Gasteiger partial charge in [0, 0.05) is 18.8 Å². The summed E-state index contributed by atoms with van der Waals surface area (Å²) in [6, 6.07) is 21.5. The third-order valence-electron chi connectivity index (χ3n) is 6.80. The van der Waals surface area contributed by atoms with E-state index in [9.17, 15) is 9.35 Å². The van der Waals surface area contributed by atoms with Gasteiger partial charge in [-0.15, -0.1) is 4.31 Å². The standard InChI is InChI=1S/C29H32N2O4S/c1-3-16-31(17-4-2)36(33)25-11-8-21(9-12-25)22-6-5-7-24(18-22)30-28(32)29(14-15-29)23-10-13-26-27(19-23)35-20-34-26/h5-13,18-19H,3-4,14-17,20H2,1-2H3,(H,30,32). The van der Waals surface area contributed by atoms with E-state index in [4.69, 9.17) is 9.47 Å². The van der Waals surface area contributed by atoms with Crippen LogP contribution in [0.2, 0.25) is 0 Å². The van der Waals surface area contributed by atoms with E-state index in [2.05, 4.69) is 19.2 Å². The number of carbonyl (C=O) groups excluding carboxylic acids is 1. The Bertz CT molecular complexity index is 1220. The fraction of sp³-hybridized carbons (Fsp3) is 0.345. The lowest BCUT2D eigenvalue weighted by Crippen LogP contribution is -2.32. The largest absolute Gasteiger partial charge is 0.593 e. The Morgan fingerprint density at radius 1 is 0.944 bits per heavy atom. The van der Waals surface area contributed by atoms with Gasteiger partial charge in [-0.3, -0.25) is 4.79 Å². The normalized spacial score (nSPS) is 16.1. The molecule has 0 aromatic heterocycles. The number of anilines is 1. The van der Waals surface area contributed by atoms with E-state index in [1.807, 2.05) is 71.0 Å². The first kappa shape index (κ1) is 24.7. The highest BCUT2D eigenvalue weighted by atomic mass is 32.2. The molecule has 1 N–H and O–H groups in total. The lowest BCUT2D eigenvalue weighted by atomic mass is 9.94. The third-order valence-corrected chi connectivity index (χ3v) is 8.31. The van der Waals surface area contributed by atoms with Gasteiger partial charge in [0.15, 0.2) is 16.4 Å². The average Bonchev–Trinajstić information content (AvgIpc) is 3.59. The minimum absolute atomic E-state index is 0.00352. The van der Waals surface area contributed by atoms with Crippen molar-refractivity contribution in [3.05, 3.63) is 72.3 Å². The molecule has 3 aromatic rings. The smallest absolute Gasteiger partial charge is 0.235 e. The second kappa shape index (κ2) is 10.5. The summed E-state index contributed by atoms with van der Waals surface area (Å²) in [5, 5.41) is 3.13. The molecule has 0 spiro atoms. The van der Waals surface area contributed by atoms with Crippen molar-refractivity contribution in [2.45, 2.75) is 49.8 Å². The second-order valence-electron chi connectivity index (χ2n) is 9.39. The molecule has 1 heterocycles. The summed E-state index contributed by atoms with van der Waals surface area (Å²) >= 11 is -1.16. The van der Waals surface area contributed by atoms with Crippen LogP contribution in [-0.2, 0) is 21.6 Å². The van der Waals surface area contributed by atoms with Crippen molar-refractivity contribution in [2.24, 2.45) is 0 Å². The Morgan fingerprint density at radius 3 is 2.36 bits per heavy atom. The number of hydrogen-bond acceptors (Lipinski definition) is 5. The van der Waals surface area contributed by atoms with Crippen LogP contribution in [0.4, 0.5) is 5.69 Å². The number of rotatable bonds is 10. The molecule has 5 rings (SSSR count). The number of benzene rings is 3. The van der Waals surface area contributed by atoms with Crippen molar-refractivity contribution in [1.29, 1.82) is 0 Å². The molecule has 0 saturated heterocycles. The molecule has 188 valence electrons. The number of ether oxygens (including phenoxy) is 2. The van der Waals surface area contributed by atoms with Crippen molar-refractivity contribution in [3.63, 3.8) is 0 Å². The maximum Gasteiger partial charge on any atom is 0.235 e. The van der Waals surface area contributed by atoms with Crippen molar-refractivity contribution in [3.8, 4) is 22.6 Å². The van der Waals surface area contributed by atoms with Gasteiger partial charge in [0.05, 0.1) is 16.8 Å². The van der Waals surface area contributed by atoms with Crippen LogP contribution in [0, 0.1) is 0 Å². The van der Waals surface area contributed by atoms with Crippen LogP contribution in [0.5, 0.6) is 11.5 Å². The van der Waals surface area contributed by atoms with Crippen molar-refractivity contribution >= 4 is 23.0 Å². The predicted molar refractivity (Wildman–Crippen MR) is 143 cm³/mol. The molecule has 1 aliphatic heterocycles. The molecule has 1 unspecified atom stereocenters. The molecule has 0 bridgehead atoms. The molecule has 1 saturated carbocycles. The lowest BCUT2D eigenvalue weighted by molar-refractivity contribution is -0.118. The van der Waals surface area contributed by atoms with Gasteiger partial charge in [-0.1, -0.05) is 32.0 Å². The number of nitrogens with zero attached hydrogens (tertiary/aromatic N) is 1. The summed E-state index contributed by atoms with van der Waals surface area (Å²) < 4.78 is 25.9. The van der Waals surface area contributed by atoms with E-state index >= 15 is 0 Å². The van der Waals surface area contributed by atoms with Gasteiger partial charge in [-0.25, -0.2) is 0 Å². The van der Waals surface area contributed by atoms with E-state index in [-0.39, 0.29) is 12.7 Å². The maximum absolute atomic E-state index is 13.3. The molecule has 0 radical (unpaired) electrons. The predicted octanol–water partition coefficient (Wildman–Crippen LogP) is 5.90. The van der Waals surface area contributed by atoms with Gasteiger partial charge in [0.2, 0.25) is 12.7 Å². The van der Waals surface area contributed by atoms with E-state index < -0.39 is 16.8 Å². The van der Waals surface area contributed by atoms with Gasteiger partial charge in [0.1, 0.15) is 0 Å². The van der Waals surface area contributed by atoms with Crippen LogP contribution in [0.25, 0.3) is 11.1 Å². The maximum atomic E-state index is 13.3. The summed E-state index contributed by atoms with van der Waals surface area (Å²) in [4.78, 5) is 14.1. The summed E-state index contributed by atoms with van der Waals surface area (Å²) in [5.41, 5.74) is 3.21. The summed E-state index contributed by atoms with van der Waals surface area (Å²) in [7, 11) is 0. The van der Waals surface area contributed by atoms with Crippen LogP contribution >= 0.6 is 0 Å². The van der Waals surface area contributed by atoms with Gasteiger partial charge in [-0.2, -0.15) is 0 Å². The van der Waals surface area contributed by atoms with Crippen LogP contribution in [0.15, 0.2) is 71.6 Å². The van der Waals surface area contributed by atoms with Gasteiger partial charge in [-0.05, 0) is 90.9 Å². The zero-order valence-electron chi connectivity index (χ0n) is 20.8. The number of fused-ring (bicyclic) bond motifs is 1. The molecule has 36 heavy (non-hydrogen) atoms. The summed E-state index contributed by atoms with van der Waals surface area (Å²) in [6.45, 7) is 6.07. The molecule has 6 nitrogen and oxygen atoms in total. The number of carbonyl (C=O) groups is 1. The minimum Gasteiger partial charge on any atom is -0.593 e. The minimum atomic E-state index is -1.16. The first-order chi connectivity index (χ1) is 17.5. The highest BCUT2D eigenvalue weighted by Crippen LogP contribution is 2.51. The van der Waals surface area contributed by atoms with Crippen LogP contribution < -0.4 is 14.8 Å². The molecular weight excluding hydrogens is 472 g/mol. The first-order valence-corrected chi connectivity index (χ1v) is 13.7. The molecule has 2 aliphatic rings. The molecule has 7 heteroatoms. The van der Waals surface area contributed by atoms with E-state index in [1.165, 1.54) is 0 Å². The zero-order valence-corrected chi connectivity index (χ0v) is 21.6. The molecule has 1 amide bonds. The highest BCUT2D eigenvalue weighted by molar-refractivity contribution is 7.89. The Hall–Kier alpha value is -3.00. The number of amides is 1. The molecule has 1 aliphatic carbocycles. The molecule has 1 fully saturated rings. The fourth-order valence-electron chi connectivity index (χ4n) is 4.68. The van der Waals surface area contributed by atoms with Gasteiger partial charge in [0.25, 0.3) is 0 Å². The van der Waals surface area contributed by atoms with E-state index in [0.717, 1.165) is 71.8 Å². The Kier molecular flexibility index (Phi) is 7.23. The van der Waals surface area contributed by atoms with E-state index in [1.54, 1.807) is 0 Å². The first-order valence-electron chi connectivity index (χ1n) is 12.6. The third kappa shape index (κ3) is 4.96. The van der Waals surface area contributed by atoms with Crippen molar-refractivity contribution in [1.82, 2.24) is 4.31 Å². The Morgan fingerprint density at radius 2 is 1.67 bits per heavy atom. The molecular formula is C29H32N2O4S. The zero-order chi connectivity index (χ0) is 25.1. The quantitative estimate of drug-likeness (QED) is 0.348. The Balaban J connectivity index is 1.29.